The van der Waals surface area contributed by atoms with E-state index in [4.69, 9.17) is 4.74 Å². The number of likely N-dealkylation sites (tertiary alicyclic amines) is 1. The maximum atomic E-state index is 12.0. The van der Waals surface area contributed by atoms with Crippen LogP contribution in [-0.2, 0) is 9.53 Å². The fourth-order valence-corrected chi connectivity index (χ4v) is 2.58. The number of nitrogens with zero attached hydrogens (tertiary/aromatic N) is 1. The Morgan fingerprint density at radius 2 is 2.06 bits per heavy atom. The molecule has 17 heavy (non-hydrogen) atoms. The van der Waals surface area contributed by atoms with Gasteiger partial charge in [-0.1, -0.05) is 0 Å². The highest BCUT2D eigenvalue weighted by Crippen LogP contribution is 2.51. The number of carbonyl (C=O) groups excluding carboxylic acids is 2. The van der Waals surface area contributed by atoms with E-state index in [2.05, 4.69) is 0 Å². The molecule has 1 saturated heterocycles. The van der Waals surface area contributed by atoms with Crippen LogP contribution < -0.4 is 0 Å². The summed E-state index contributed by atoms with van der Waals surface area (Å²) < 4.78 is 5.39. The molecule has 1 saturated carbocycles. The molecule has 0 N–H and O–H groups in total. The van der Waals surface area contributed by atoms with Crippen LogP contribution in [0.15, 0.2) is 0 Å². The van der Waals surface area contributed by atoms with Crippen molar-refractivity contribution in [2.24, 2.45) is 5.41 Å². The zero-order chi connectivity index (χ0) is 12.7. The van der Waals surface area contributed by atoms with Crippen molar-refractivity contribution in [2.45, 2.75) is 58.1 Å². The first kappa shape index (κ1) is 12.4. The highest BCUT2D eigenvalue weighted by molar-refractivity contribution is 5.72. The van der Waals surface area contributed by atoms with E-state index in [1.165, 1.54) is 0 Å². The second-order valence-corrected chi connectivity index (χ2v) is 6.18. The summed E-state index contributed by atoms with van der Waals surface area (Å²) in [5.41, 5.74) is -0.727. The minimum absolute atomic E-state index is 0.0647. The van der Waals surface area contributed by atoms with Crippen LogP contribution in [0.3, 0.4) is 0 Å². The molecule has 1 aliphatic carbocycles. The van der Waals surface area contributed by atoms with Gasteiger partial charge in [-0.3, -0.25) is 0 Å². The first-order valence-corrected chi connectivity index (χ1v) is 6.34. The Bertz CT molecular complexity index is 328. The Morgan fingerprint density at radius 3 is 2.53 bits per heavy atom. The van der Waals surface area contributed by atoms with Crippen LogP contribution in [0.25, 0.3) is 0 Å². The lowest BCUT2D eigenvalue weighted by Gasteiger charge is -2.31. The second-order valence-electron chi connectivity index (χ2n) is 6.18. The van der Waals surface area contributed by atoms with Gasteiger partial charge in [0.05, 0.1) is 0 Å². The average Bonchev–Trinajstić information content (AvgIpc) is 2.85. The maximum Gasteiger partial charge on any atom is 0.410 e. The molecule has 4 heteroatoms. The van der Waals surface area contributed by atoms with Gasteiger partial charge >= 0.3 is 6.09 Å². The Morgan fingerprint density at radius 1 is 1.41 bits per heavy atom. The molecule has 1 heterocycles. The lowest BCUT2D eigenvalue weighted by molar-refractivity contribution is -0.114. The Labute approximate surface area is 102 Å². The van der Waals surface area contributed by atoms with Crippen LogP contribution in [0, 0.1) is 5.41 Å². The zero-order valence-corrected chi connectivity index (χ0v) is 10.9. The molecule has 0 spiro atoms. The van der Waals surface area contributed by atoms with E-state index in [0.717, 1.165) is 38.5 Å². The summed E-state index contributed by atoms with van der Waals surface area (Å²) in [4.78, 5) is 25.0. The highest BCUT2D eigenvalue weighted by Gasteiger charge is 2.54. The first-order valence-electron chi connectivity index (χ1n) is 6.34. The van der Waals surface area contributed by atoms with E-state index < -0.39 is 5.60 Å². The number of hydrogen-bond donors (Lipinski definition) is 0. The molecule has 0 radical (unpaired) electrons. The molecule has 0 aromatic carbocycles. The molecule has 2 rings (SSSR count). The fourth-order valence-electron chi connectivity index (χ4n) is 2.58. The molecule has 1 atom stereocenters. The summed E-state index contributed by atoms with van der Waals surface area (Å²) in [5, 5.41) is 0. The van der Waals surface area contributed by atoms with Gasteiger partial charge < -0.3 is 14.4 Å². The monoisotopic (exact) mass is 239 g/mol. The Kier molecular flexibility index (Phi) is 2.92. The van der Waals surface area contributed by atoms with Gasteiger partial charge in [-0.25, -0.2) is 4.79 Å². The molecular weight excluding hydrogens is 218 g/mol. The molecular formula is C13H21NO3. The number of amides is 1. The first-order chi connectivity index (χ1) is 7.88. The topological polar surface area (TPSA) is 46.6 Å². The maximum absolute atomic E-state index is 12.0. The molecule has 0 unspecified atom stereocenters. The van der Waals surface area contributed by atoms with Crippen molar-refractivity contribution in [3.05, 3.63) is 0 Å². The quantitative estimate of drug-likeness (QED) is 0.695. The van der Waals surface area contributed by atoms with Gasteiger partial charge in [0.1, 0.15) is 11.9 Å². The van der Waals surface area contributed by atoms with Crippen LogP contribution in [-0.4, -0.2) is 35.5 Å². The van der Waals surface area contributed by atoms with Crippen molar-refractivity contribution in [2.75, 3.05) is 6.54 Å². The lowest BCUT2D eigenvalue weighted by Crippen LogP contribution is -2.44. The van der Waals surface area contributed by atoms with Gasteiger partial charge in [0, 0.05) is 18.0 Å². The number of carbonyl (C=O) groups is 2. The number of hydrogen-bond acceptors (Lipinski definition) is 3. The predicted octanol–water partition coefficient (Wildman–Crippen LogP) is 2.37. The van der Waals surface area contributed by atoms with Crippen LogP contribution >= 0.6 is 0 Å². The van der Waals surface area contributed by atoms with Gasteiger partial charge in [-0.05, 0) is 46.5 Å². The average molecular weight is 239 g/mol. The summed E-state index contributed by atoms with van der Waals surface area (Å²) in [6, 6.07) is 0.0647. The number of ether oxygens (including phenoxy) is 1. The SMILES string of the molecule is CC(C)(C)OC(=O)N1CCC[C@H]1C1(C=O)CC1. The van der Waals surface area contributed by atoms with Crippen LogP contribution in [0.1, 0.15) is 46.5 Å². The molecule has 2 aliphatic rings. The molecule has 0 bridgehead atoms. The van der Waals surface area contributed by atoms with Crippen molar-refractivity contribution in [1.29, 1.82) is 0 Å². The minimum atomic E-state index is -0.470. The zero-order valence-electron chi connectivity index (χ0n) is 10.9. The van der Waals surface area contributed by atoms with E-state index in [9.17, 15) is 9.59 Å². The van der Waals surface area contributed by atoms with Crippen molar-refractivity contribution < 1.29 is 14.3 Å². The smallest absolute Gasteiger partial charge is 0.410 e. The van der Waals surface area contributed by atoms with Crippen LogP contribution in [0.5, 0.6) is 0 Å². The molecule has 96 valence electrons. The van der Waals surface area contributed by atoms with Crippen molar-refractivity contribution >= 4 is 12.4 Å². The Balaban J connectivity index is 2.05. The summed E-state index contributed by atoms with van der Waals surface area (Å²) in [6.45, 7) is 6.31. The van der Waals surface area contributed by atoms with Crippen LogP contribution in [0.4, 0.5) is 4.79 Å². The van der Waals surface area contributed by atoms with Gasteiger partial charge in [-0.2, -0.15) is 0 Å². The molecule has 0 aromatic rings. The van der Waals surface area contributed by atoms with Gasteiger partial charge in [0.25, 0.3) is 0 Å². The van der Waals surface area contributed by atoms with Gasteiger partial charge in [-0.15, -0.1) is 0 Å². The minimum Gasteiger partial charge on any atom is -0.444 e. The predicted molar refractivity (Wildman–Crippen MR) is 63.7 cm³/mol. The third-order valence-electron chi connectivity index (χ3n) is 3.61. The van der Waals surface area contributed by atoms with E-state index in [1.54, 1.807) is 4.90 Å². The summed E-state index contributed by atoms with van der Waals surface area (Å²) in [7, 11) is 0. The second kappa shape index (κ2) is 4.00. The van der Waals surface area contributed by atoms with E-state index in [0.29, 0.717) is 0 Å². The van der Waals surface area contributed by atoms with Crippen LogP contribution in [0.2, 0.25) is 0 Å². The van der Waals surface area contributed by atoms with Crippen molar-refractivity contribution in [1.82, 2.24) is 4.90 Å². The molecule has 0 aromatic heterocycles. The molecule has 1 aliphatic heterocycles. The third-order valence-corrected chi connectivity index (χ3v) is 3.61. The summed E-state index contributed by atoms with van der Waals surface area (Å²) >= 11 is 0. The largest absolute Gasteiger partial charge is 0.444 e. The fraction of sp³-hybridized carbons (Fsp3) is 0.846. The third kappa shape index (κ3) is 2.45. The summed E-state index contributed by atoms with van der Waals surface area (Å²) in [6.07, 6.45) is 4.51. The number of aldehydes is 1. The summed E-state index contributed by atoms with van der Waals surface area (Å²) in [5.74, 6) is 0. The number of rotatable bonds is 2. The van der Waals surface area contributed by atoms with Gasteiger partial charge in [0.2, 0.25) is 0 Å². The molecule has 1 amide bonds. The standard InChI is InChI=1S/C13H21NO3/c1-12(2,3)17-11(16)14-8-4-5-10(14)13(9-15)6-7-13/h9-10H,4-8H2,1-3H3/t10-/m0/s1. The van der Waals surface area contributed by atoms with Crippen molar-refractivity contribution in [3.8, 4) is 0 Å². The lowest BCUT2D eigenvalue weighted by atomic mass is 9.96. The van der Waals surface area contributed by atoms with E-state index >= 15 is 0 Å². The van der Waals surface area contributed by atoms with E-state index in [-0.39, 0.29) is 17.6 Å². The van der Waals surface area contributed by atoms with Crippen molar-refractivity contribution in [3.63, 3.8) is 0 Å². The van der Waals surface area contributed by atoms with E-state index in [1.807, 2.05) is 20.8 Å². The van der Waals surface area contributed by atoms with Gasteiger partial charge in [0.15, 0.2) is 0 Å². The highest BCUT2D eigenvalue weighted by atomic mass is 16.6. The molecule has 4 nitrogen and oxygen atoms in total. The Hall–Kier alpha value is -1.06. The molecule has 2 fully saturated rings. The normalized spacial score (nSPS) is 26.8.